The fourth-order valence-corrected chi connectivity index (χ4v) is 4.55. The average molecular weight is 621 g/mol. The maximum atomic E-state index is 13.4. The van der Waals surface area contributed by atoms with Gasteiger partial charge in [-0.3, -0.25) is 9.59 Å². The molecule has 0 aliphatic carbocycles. The van der Waals surface area contributed by atoms with Gasteiger partial charge in [0.15, 0.2) is 0 Å². The normalized spacial score (nSPS) is 14.4. The summed E-state index contributed by atoms with van der Waals surface area (Å²) in [5.41, 5.74) is 8.58. The van der Waals surface area contributed by atoms with Crippen molar-refractivity contribution in [2.45, 2.75) is 59.0 Å². The van der Waals surface area contributed by atoms with Crippen molar-refractivity contribution in [2.24, 2.45) is 17.0 Å². The van der Waals surface area contributed by atoms with E-state index in [-0.39, 0.29) is 24.4 Å². The van der Waals surface area contributed by atoms with Gasteiger partial charge in [0.1, 0.15) is 29.7 Å². The van der Waals surface area contributed by atoms with Crippen LogP contribution in [0.1, 0.15) is 52.5 Å². The molecule has 1 heterocycles. The largest absolute Gasteiger partial charge is 0.491 e. The van der Waals surface area contributed by atoms with Crippen molar-refractivity contribution < 1.29 is 42.8 Å². The SMILES string of the molecule is CCOC(=O)C(CCc1ccc(OCCOCCOCCOCCN=[N+]=[N-])cc1)C(=O)C1CCN(C(=O)OC(C)(C)C)CC1. The molecule has 2 rings (SSSR count). The van der Waals surface area contributed by atoms with Gasteiger partial charge in [-0.1, -0.05) is 17.2 Å². The Morgan fingerprint density at radius 1 is 0.955 bits per heavy atom. The van der Waals surface area contributed by atoms with E-state index in [0.29, 0.717) is 97.3 Å². The van der Waals surface area contributed by atoms with Crippen molar-refractivity contribution in [3.63, 3.8) is 0 Å². The number of esters is 1. The summed E-state index contributed by atoms with van der Waals surface area (Å²) < 4.78 is 32.6. The van der Waals surface area contributed by atoms with Gasteiger partial charge in [0.05, 0.1) is 46.2 Å². The van der Waals surface area contributed by atoms with Crippen LogP contribution in [0.15, 0.2) is 29.4 Å². The zero-order chi connectivity index (χ0) is 32.2. The predicted octanol–water partition coefficient (Wildman–Crippen LogP) is 4.75. The quantitative estimate of drug-likeness (QED) is 0.0500. The Labute approximate surface area is 260 Å². The molecule has 1 unspecified atom stereocenters. The zero-order valence-corrected chi connectivity index (χ0v) is 26.5. The lowest BCUT2D eigenvalue weighted by Gasteiger charge is -2.33. The van der Waals surface area contributed by atoms with E-state index in [1.165, 1.54) is 0 Å². The first-order valence-corrected chi connectivity index (χ1v) is 15.3. The highest BCUT2D eigenvalue weighted by Gasteiger charge is 2.36. The summed E-state index contributed by atoms with van der Waals surface area (Å²) in [7, 11) is 0. The van der Waals surface area contributed by atoms with Gasteiger partial charge in [-0.05, 0) is 76.6 Å². The van der Waals surface area contributed by atoms with Crippen LogP contribution in [0.4, 0.5) is 4.79 Å². The number of Topliss-reactive ketones (excluding diaryl/α,β-unsaturated/α-hetero) is 1. The third-order valence-corrected chi connectivity index (χ3v) is 6.75. The maximum Gasteiger partial charge on any atom is 0.410 e. The van der Waals surface area contributed by atoms with Crippen LogP contribution in [-0.2, 0) is 39.7 Å². The summed E-state index contributed by atoms with van der Waals surface area (Å²) >= 11 is 0. The van der Waals surface area contributed by atoms with Crippen molar-refractivity contribution in [1.82, 2.24) is 4.90 Å². The zero-order valence-electron chi connectivity index (χ0n) is 26.5. The first-order valence-electron chi connectivity index (χ1n) is 15.3. The molecule has 1 aliphatic heterocycles. The molecule has 0 N–H and O–H groups in total. The summed E-state index contributed by atoms with van der Waals surface area (Å²) in [6, 6.07) is 7.55. The van der Waals surface area contributed by atoms with E-state index in [1.54, 1.807) is 11.8 Å². The highest BCUT2D eigenvalue weighted by Crippen LogP contribution is 2.26. The lowest BCUT2D eigenvalue weighted by molar-refractivity contribution is -0.153. The number of piperidine rings is 1. The Bertz CT molecular complexity index is 1050. The molecular formula is C31H48N4O9. The van der Waals surface area contributed by atoms with Crippen molar-refractivity contribution in [1.29, 1.82) is 0 Å². The number of likely N-dealkylation sites (tertiary alicyclic amines) is 1. The third kappa shape index (κ3) is 14.9. The summed E-state index contributed by atoms with van der Waals surface area (Å²) in [6.45, 7) is 11.4. The fraction of sp³-hybridized carbons (Fsp3) is 0.710. The Balaban J connectivity index is 1.70. The molecule has 1 saturated heterocycles. The van der Waals surface area contributed by atoms with Crippen molar-refractivity contribution >= 4 is 17.8 Å². The monoisotopic (exact) mass is 620 g/mol. The summed E-state index contributed by atoms with van der Waals surface area (Å²) in [4.78, 5) is 42.8. The molecule has 1 aliphatic rings. The van der Waals surface area contributed by atoms with Gasteiger partial charge in [0.2, 0.25) is 0 Å². The summed E-state index contributed by atoms with van der Waals surface area (Å²) in [5.74, 6) is -1.06. The van der Waals surface area contributed by atoms with Gasteiger partial charge in [0, 0.05) is 30.5 Å². The molecule has 1 amide bonds. The Kier molecular flexibility index (Phi) is 17.2. The van der Waals surface area contributed by atoms with Crippen molar-refractivity contribution in [3.8, 4) is 5.75 Å². The van der Waals surface area contributed by atoms with Crippen molar-refractivity contribution in [3.05, 3.63) is 40.3 Å². The molecule has 246 valence electrons. The number of aryl methyl sites for hydroxylation is 1. The maximum absolute atomic E-state index is 13.4. The molecule has 44 heavy (non-hydrogen) atoms. The summed E-state index contributed by atoms with van der Waals surface area (Å²) in [6.07, 6.45) is 1.49. The minimum atomic E-state index is -0.846. The molecule has 0 saturated carbocycles. The molecule has 1 aromatic rings. The van der Waals surface area contributed by atoms with E-state index in [0.717, 1.165) is 5.56 Å². The van der Waals surface area contributed by atoms with E-state index in [1.807, 2.05) is 45.0 Å². The first-order chi connectivity index (χ1) is 21.1. The Morgan fingerprint density at radius 2 is 1.55 bits per heavy atom. The molecule has 0 aromatic heterocycles. The van der Waals surface area contributed by atoms with Gasteiger partial charge in [-0.25, -0.2) is 4.79 Å². The molecule has 0 spiro atoms. The van der Waals surface area contributed by atoms with Crippen LogP contribution in [0, 0.1) is 11.8 Å². The van der Waals surface area contributed by atoms with Crippen LogP contribution in [0.2, 0.25) is 0 Å². The lowest BCUT2D eigenvalue weighted by Crippen LogP contribution is -2.44. The van der Waals surface area contributed by atoms with Gasteiger partial charge in [-0.2, -0.15) is 0 Å². The number of nitrogens with zero attached hydrogens (tertiary/aromatic N) is 4. The number of ketones is 1. The fourth-order valence-electron chi connectivity index (χ4n) is 4.55. The van der Waals surface area contributed by atoms with Crippen LogP contribution in [-0.4, -0.2) is 101 Å². The van der Waals surface area contributed by atoms with E-state index in [2.05, 4.69) is 10.0 Å². The number of carbonyl (C=O) groups excluding carboxylic acids is 3. The number of hydrogen-bond donors (Lipinski definition) is 0. The van der Waals surface area contributed by atoms with Gasteiger partial charge in [-0.15, -0.1) is 0 Å². The topological polar surface area (TPSA) is 159 Å². The van der Waals surface area contributed by atoms with Crippen LogP contribution in [0.25, 0.3) is 10.4 Å². The number of rotatable bonds is 20. The third-order valence-electron chi connectivity index (χ3n) is 6.75. The predicted molar refractivity (Wildman–Crippen MR) is 162 cm³/mol. The van der Waals surface area contributed by atoms with Crippen LogP contribution >= 0.6 is 0 Å². The van der Waals surface area contributed by atoms with E-state index >= 15 is 0 Å². The second-order valence-corrected chi connectivity index (χ2v) is 11.3. The number of azide groups is 1. The molecule has 1 atom stereocenters. The minimum Gasteiger partial charge on any atom is -0.491 e. The highest BCUT2D eigenvalue weighted by molar-refractivity contribution is 6.00. The van der Waals surface area contributed by atoms with Crippen LogP contribution in [0.5, 0.6) is 5.75 Å². The second kappa shape index (κ2) is 20.6. The van der Waals surface area contributed by atoms with E-state index in [4.69, 9.17) is 34.0 Å². The molecule has 0 bridgehead atoms. The lowest BCUT2D eigenvalue weighted by atomic mass is 9.83. The molecular weight excluding hydrogens is 572 g/mol. The molecule has 13 nitrogen and oxygen atoms in total. The summed E-state index contributed by atoms with van der Waals surface area (Å²) in [5, 5.41) is 3.38. The standard InChI is InChI=1S/C31H48N4O9/c1-5-42-29(37)27(28(36)25-12-15-35(16-13-25)30(38)44-31(2,3)4)11-8-24-6-9-26(10-7-24)43-23-22-41-21-20-40-19-18-39-17-14-33-34-32/h6-7,9-10,25,27H,5,8,11-23H2,1-4H3. The smallest absolute Gasteiger partial charge is 0.410 e. The van der Waals surface area contributed by atoms with E-state index < -0.39 is 17.5 Å². The van der Waals surface area contributed by atoms with Crippen LogP contribution in [0.3, 0.4) is 0 Å². The molecule has 1 aromatic carbocycles. The molecule has 1 fully saturated rings. The average Bonchev–Trinajstić information content (AvgIpc) is 2.99. The number of carbonyl (C=O) groups is 3. The number of amides is 1. The van der Waals surface area contributed by atoms with Gasteiger partial charge < -0.3 is 33.3 Å². The highest BCUT2D eigenvalue weighted by atomic mass is 16.6. The van der Waals surface area contributed by atoms with Crippen LogP contribution < -0.4 is 4.74 Å². The minimum absolute atomic E-state index is 0.117. The van der Waals surface area contributed by atoms with Gasteiger partial charge >= 0.3 is 12.1 Å². The number of hydrogen-bond acceptors (Lipinski definition) is 10. The molecule has 13 heteroatoms. The Morgan fingerprint density at radius 3 is 2.11 bits per heavy atom. The van der Waals surface area contributed by atoms with E-state index in [9.17, 15) is 14.4 Å². The molecule has 0 radical (unpaired) electrons. The van der Waals surface area contributed by atoms with Gasteiger partial charge in [0.25, 0.3) is 0 Å². The number of benzene rings is 1. The Hall–Kier alpha value is -3.38. The van der Waals surface area contributed by atoms with Crippen molar-refractivity contribution in [2.75, 3.05) is 72.5 Å². The first kappa shape index (κ1) is 36.8. The number of ether oxygens (including phenoxy) is 6. The second-order valence-electron chi connectivity index (χ2n) is 11.3.